The molecule has 1 aliphatic carbocycles. The number of rotatable bonds is 4. The molecule has 0 aliphatic heterocycles. The Morgan fingerprint density at radius 2 is 2.05 bits per heavy atom. The molecule has 1 aromatic rings. The van der Waals surface area contributed by atoms with E-state index in [1.54, 1.807) is 19.1 Å². The van der Waals surface area contributed by atoms with Gasteiger partial charge in [-0.1, -0.05) is 18.0 Å². The first-order valence-electron chi connectivity index (χ1n) is 7.04. The second-order valence-electron chi connectivity index (χ2n) is 4.98. The minimum absolute atomic E-state index is 0.109. The van der Waals surface area contributed by atoms with Crippen LogP contribution < -0.4 is 10.5 Å². The molecule has 0 radical (unpaired) electrons. The lowest BCUT2D eigenvalue weighted by atomic mass is 9.97. The third kappa shape index (κ3) is 3.57. The van der Waals surface area contributed by atoms with Crippen LogP contribution in [0.15, 0.2) is 12.1 Å². The van der Waals surface area contributed by atoms with Crippen molar-refractivity contribution in [3.8, 4) is 5.75 Å². The minimum Gasteiger partial charge on any atom is -0.488 e. The van der Waals surface area contributed by atoms with Gasteiger partial charge in [0, 0.05) is 5.69 Å². The van der Waals surface area contributed by atoms with Crippen LogP contribution in [0.2, 0.25) is 5.02 Å². The monoisotopic (exact) mass is 297 g/mol. The maximum atomic E-state index is 12.0. The predicted molar refractivity (Wildman–Crippen MR) is 79.3 cm³/mol. The molecule has 110 valence electrons. The van der Waals surface area contributed by atoms with Crippen molar-refractivity contribution in [2.24, 2.45) is 0 Å². The van der Waals surface area contributed by atoms with Gasteiger partial charge in [-0.3, -0.25) is 0 Å². The van der Waals surface area contributed by atoms with Gasteiger partial charge in [-0.25, -0.2) is 4.79 Å². The number of hydrogen-bond acceptors (Lipinski definition) is 4. The Hall–Kier alpha value is -1.42. The van der Waals surface area contributed by atoms with Crippen LogP contribution in [0.4, 0.5) is 5.69 Å². The van der Waals surface area contributed by atoms with Crippen LogP contribution >= 0.6 is 11.6 Å². The van der Waals surface area contributed by atoms with Gasteiger partial charge in [0.15, 0.2) is 5.75 Å². The normalized spacial score (nSPS) is 15.9. The van der Waals surface area contributed by atoms with E-state index in [1.165, 1.54) is 6.42 Å². The lowest BCUT2D eigenvalue weighted by molar-refractivity contribution is 0.0516. The fourth-order valence-corrected chi connectivity index (χ4v) is 2.72. The van der Waals surface area contributed by atoms with E-state index in [2.05, 4.69) is 0 Å². The zero-order chi connectivity index (χ0) is 14.5. The Morgan fingerprint density at radius 3 is 2.70 bits per heavy atom. The number of hydrogen-bond donors (Lipinski definition) is 1. The Balaban J connectivity index is 2.26. The summed E-state index contributed by atoms with van der Waals surface area (Å²) in [6, 6.07) is 3.16. The van der Waals surface area contributed by atoms with E-state index in [-0.39, 0.29) is 6.10 Å². The van der Waals surface area contributed by atoms with Gasteiger partial charge in [0.1, 0.15) is 5.56 Å². The van der Waals surface area contributed by atoms with E-state index in [9.17, 15) is 4.79 Å². The van der Waals surface area contributed by atoms with Gasteiger partial charge in [-0.2, -0.15) is 0 Å². The van der Waals surface area contributed by atoms with E-state index < -0.39 is 5.97 Å². The summed E-state index contributed by atoms with van der Waals surface area (Å²) in [4.78, 5) is 12.0. The molecule has 1 saturated carbocycles. The maximum absolute atomic E-state index is 12.0. The number of esters is 1. The lowest BCUT2D eigenvalue weighted by Gasteiger charge is -2.24. The summed E-state index contributed by atoms with van der Waals surface area (Å²) in [7, 11) is 0. The predicted octanol–water partition coefficient (Wildman–Crippen LogP) is 3.81. The van der Waals surface area contributed by atoms with E-state index in [1.807, 2.05) is 0 Å². The molecule has 0 unspecified atom stereocenters. The molecule has 2 N–H and O–H groups in total. The number of ether oxygens (including phenoxy) is 2. The van der Waals surface area contributed by atoms with E-state index in [0.717, 1.165) is 25.7 Å². The molecule has 0 aromatic heterocycles. The second kappa shape index (κ2) is 6.84. The highest BCUT2D eigenvalue weighted by molar-refractivity contribution is 6.33. The molecular formula is C15H20ClNO3. The Morgan fingerprint density at radius 1 is 1.35 bits per heavy atom. The first-order valence-corrected chi connectivity index (χ1v) is 7.42. The third-order valence-corrected chi connectivity index (χ3v) is 3.68. The van der Waals surface area contributed by atoms with E-state index >= 15 is 0 Å². The van der Waals surface area contributed by atoms with Crippen molar-refractivity contribution in [3.05, 3.63) is 22.7 Å². The van der Waals surface area contributed by atoms with Crippen molar-refractivity contribution in [1.82, 2.24) is 0 Å². The number of nitrogen functional groups attached to an aromatic ring is 1. The number of benzene rings is 1. The zero-order valence-corrected chi connectivity index (χ0v) is 12.4. The molecule has 0 bridgehead atoms. The molecule has 0 spiro atoms. The van der Waals surface area contributed by atoms with Crippen molar-refractivity contribution in [3.63, 3.8) is 0 Å². The number of anilines is 1. The molecule has 0 heterocycles. The highest BCUT2D eigenvalue weighted by atomic mass is 35.5. The molecule has 0 saturated heterocycles. The smallest absolute Gasteiger partial charge is 0.342 e. The van der Waals surface area contributed by atoms with Gasteiger partial charge in [0.25, 0.3) is 0 Å². The summed E-state index contributed by atoms with van der Waals surface area (Å²) >= 11 is 6.19. The fraction of sp³-hybridized carbons (Fsp3) is 0.533. The van der Waals surface area contributed by atoms with Crippen LogP contribution in [-0.4, -0.2) is 18.7 Å². The lowest BCUT2D eigenvalue weighted by Crippen LogP contribution is -2.21. The van der Waals surface area contributed by atoms with Crippen molar-refractivity contribution >= 4 is 23.3 Å². The Kier molecular flexibility index (Phi) is 5.12. The van der Waals surface area contributed by atoms with Crippen LogP contribution in [0, 0.1) is 0 Å². The third-order valence-electron chi connectivity index (χ3n) is 3.40. The fourth-order valence-electron chi connectivity index (χ4n) is 2.44. The summed E-state index contributed by atoms with van der Waals surface area (Å²) in [6.07, 6.45) is 5.61. The molecule has 1 fully saturated rings. The molecule has 2 rings (SSSR count). The van der Waals surface area contributed by atoms with Crippen molar-refractivity contribution in [2.75, 3.05) is 12.3 Å². The number of halogens is 1. The highest BCUT2D eigenvalue weighted by Crippen LogP contribution is 2.35. The summed E-state index contributed by atoms with van der Waals surface area (Å²) in [6.45, 7) is 2.06. The maximum Gasteiger partial charge on any atom is 0.342 e. The van der Waals surface area contributed by atoms with Gasteiger partial charge in [-0.15, -0.1) is 0 Å². The molecule has 1 aliphatic rings. The summed E-state index contributed by atoms with van der Waals surface area (Å²) in [5, 5.41) is 0.360. The molecule has 1 aromatic carbocycles. The summed E-state index contributed by atoms with van der Waals surface area (Å²) in [5.41, 5.74) is 6.48. The highest BCUT2D eigenvalue weighted by Gasteiger charge is 2.22. The van der Waals surface area contributed by atoms with Crippen LogP contribution in [-0.2, 0) is 4.74 Å². The molecule has 0 amide bonds. The summed E-state index contributed by atoms with van der Waals surface area (Å²) < 4.78 is 11.0. The molecule has 0 atom stereocenters. The van der Waals surface area contributed by atoms with Gasteiger partial charge >= 0.3 is 5.97 Å². The number of carbonyl (C=O) groups excluding carboxylic acids is 1. The van der Waals surface area contributed by atoms with Crippen molar-refractivity contribution in [2.45, 2.75) is 45.1 Å². The quantitative estimate of drug-likeness (QED) is 0.678. The first-order chi connectivity index (χ1) is 9.61. The minimum atomic E-state index is -0.451. The first kappa shape index (κ1) is 15.0. The van der Waals surface area contributed by atoms with Gasteiger partial charge in [0.05, 0.1) is 17.7 Å². The van der Waals surface area contributed by atoms with E-state index in [0.29, 0.717) is 28.6 Å². The summed E-state index contributed by atoms with van der Waals surface area (Å²) in [5.74, 6) is -0.0567. The van der Waals surface area contributed by atoms with E-state index in [4.69, 9.17) is 26.8 Å². The molecule has 4 nitrogen and oxygen atoms in total. The SMILES string of the molecule is CCOC(=O)c1cc(N)cc(Cl)c1OC1CCCCC1. The molecule has 20 heavy (non-hydrogen) atoms. The second-order valence-corrected chi connectivity index (χ2v) is 5.38. The van der Waals surface area contributed by atoms with Gasteiger partial charge < -0.3 is 15.2 Å². The van der Waals surface area contributed by atoms with Gasteiger partial charge in [0.2, 0.25) is 0 Å². The number of nitrogens with two attached hydrogens (primary N) is 1. The largest absolute Gasteiger partial charge is 0.488 e. The van der Waals surface area contributed by atoms with Crippen LogP contribution in [0.25, 0.3) is 0 Å². The molecule has 5 heteroatoms. The average molecular weight is 298 g/mol. The van der Waals surface area contributed by atoms with Crippen LogP contribution in [0.1, 0.15) is 49.4 Å². The Bertz CT molecular complexity index is 484. The van der Waals surface area contributed by atoms with Crippen LogP contribution in [0.3, 0.4) is 0 Å². The van der Waals surface area contributed by atoms with Crippen molar-refractivity contribution < 1.29 is 14.3 Å². The van der Waals surface area contributed by atoms with Crippen LogP contribution in [0.5, 0.6) is 5.75 Å². The number of carbonyl (C=O) groups is 1. The van der Waals surface area contributed by atoms with Gasteiger partial charge in [-0.05, 0) is 44.7 Å². The zero-order valence-electron chi connectivity index (χ0n) is 11.7. The molecular weight excluding hydrogens is 278 g/mol. The standard InChI is InChI=1S/C15H20ClNO3/c1-2-19-15(18)12-8-10(17)9-13(16)14(12)20-11-6-4-3-5-7-11/h8-9,11H,2-7,17H2,1H3. The van der Waals surface area contributed by atoms with Crippen molar-refractivity contribution in [1.29, 1.82) is 0 Å². The Labute approximate surface area is 124 Å². The average Bonchev–Trinajstić information content (AvgIpc) is 2.43. The topological polar surface area (TPSA) is 61.5 Å².